The first-order chi connectivity index (χ1) is 2.89. The highest BCUT2D eigenvalue weighted by Gasteiger charge is 1.96. The lowest BCUT2D eigenvalue weighted by atomic mass is 11.0. The van der Waals surface area contributed by atoms with Crippen molar-refractivity contribution in [2.24, 2.45) is 0 Å². The zero-order valence-corrected chi connectivity index (χ0v) is 4.07. The zero-order valence-electron chi connectivity index (χ0n) is 3.18. The van der Waals surface area contributed by atoms with Crippen LogP contribution >= 0.6 is 12.6 Å². The Bertz CT molecular complexity index is 63.2. The van der Waals surface area contributed by atoms with E-state index >= 15 is 0 Å². The molecule has 2 N–H and O–H groups in total. The Morgan fingerprint density at radius 3 is 2.00 bits per heavy atom. The van der Waals surface area contributed by atoms with Crippen molar-refractivity contribution in [3.63, 3.8) is 0 Å². The summed E-state index contributed by atoms with van der Waals surface area (Å²) in [7, 11) is 0. The highest BCUT2D eigenvalue weighted by molar-refractivity contribution is 7.80. The van der Waals surface area contributed by atoms with Gasteiger partial charge < -0.3 is 10.6 Å². The molecule has 1 aliphatic rings. The molecule has 0 aromatic rings. The van der Waals surface area contributed by atoms with E-state index in [9.17, 15) is 0 Å². The first-order valence-corrected chi connectivity index (χ1v) is 2.26. The van der Waals surface area contributed by atoms with Crippen LogP contribution < -0.4 is 10.6 Å². The first-order valence-electron chi connectivity index (χ1n) is 1.75. The van der Waals surface area contributed by atoms with Gasteiger partial charge in [-0.1, -0.05) is 0 Å². The maximum absolute atomic E-state index is 4.01. The van der Waals surface area contributed by atoms with Crippen LogP contribution in [0.5, 0.6) is 0 Å². The van der Waals surface area contributed by atoms with E-state index in [0.29, 0.717) is 0 Å². The third-order valence-electron chi connectivity index (χ3n) is 0.592. The number of nitrogens with one attached hydrogen (secondary N) is 2. The number of hydrogen-bond acceptors (Lipinski definition) is 3. The molecular weight excluding hydrogens is 96.1 g/mol. The second-order valence-corrected chi connectivity index (χ2v) is 1.59. The summed E-state index contributed by atoms with van der Waals surface area (Å²) in [5.41, 5.74) is 0.130. The summed E-state index contributed by atoms with van der Waals surface area (Å²) < 4.78 is 0. The van der Waals surface area contributed by atoms with Crippen LogP contribution in [0.25, 0.3) is 0 Å². The Labute approximate surface area is 42.0 Å². The molecule has 0 aliphatic carbocycles. The maximum Gasteiger partial charge on any atom is 0.142 e. The summed E-state index contributed by atoms with van der Waals surface area (Å²) in [6, 6.07) is 0. The minimum atomic E-state index is 0.130. The van der Waals surface area contributed by atoms with Crippen molar-refractivity contribution in [3.05, 3.63) is 12.4 Å². The Hall–Kier alpha value is -0.310. The van der Waals surface area contributed by atoms with Crippen LogP contribution in [-0.2, 0) is 0 Å². The van der Waals surface area contributed by atoms with Crippen LogP contribution in [-0.4, -0.2) is 5.50 Å². The zero-order chi connectivity index (χ0) is 4.41. The standard InChI is InChI=1S/C3H6N2S/c6-3-4-1-2-5-3/h1-6H. The second kappa shape index (κ2) is 1.43. The molecule has 34 valence electrons. The molecule has 0 spiro atoms. The minimum Gasteiger partial charge on any atom is -0.362 e. The molecule has 0 bridgehead atoms. The molecule has 0 radical (unpaired) electrons. The molecule has 1 heterocycles. The van der Waals surface area contributed by atoms with E-state index in [1.807, 2.05) is 12.4 Å². The summed E-state index contributed by atoms with van der Waals surface area (Å²) in [6.45, 7) is 0. The molecule has 0 saturated carbocycles. The maximum atomic E-state index is 4.01. The van der Waals surface area contributed by atoms with Gasteiger partial charge >= 0.3 is 0 Å². The fourth-order valence-electron chi connectivity index (χ4n) is 0.327. The molecule has 2 nitrogen and oxygen atoms in total. The summed E-state index contributed by atoms with van der Waals surface area (Å²) >= 11 is 4.01. The average Bonchev–Trinajstić information content (AvgIpc) is 1.86. The number of thiol groups is 1. The van der Waals surface area contributed by atoms with E-state index in [1.54, 1.807) is 0 Å². The fraction of sp³-hybridized carbons (Fsp3) is 0.333. The minimum absolute atomic E-state index is 0.130. The smallest absolute Gasteiger partial charge is 0.142 e. The lowest BCUT2D eigenvalue weighted by molar-refractivity contribution is 0.777. The molecule has 1 rings (SSSR count). The van der Waals surface area contributed by atoms with Crippen molar-refractivity contribution >= 4 is 12.6 Å². The lowest BCUT2D eigenvalue weighted by Crippen LogP contribution is -2.23. The van der Waals surface area contributed by atoms with E-state index in [1.165, 1.54) is 0 Å². The van der Waals surface area contributed by atoms with Crippen molar-refractivity contribution in [1.82, 2.24) is 10.6 Å². The van der Waals surface area contributed by atoms with E-state index in [2.05, 4.69) is 23.3 Å². The third-order valence-corrected chi connectivity index (χ3v) is 0.890. The molecule has 1 aliphatic heterocycles. The van der Waals surface area contributed by atoms with Crippen LogP contribution in [0.1, 0.15) is 0 Å². The molecule has 0 atom stereocenters. The van der Waals surface area contributed by atoms with E-state index in [4.69, 9.17) is 0 Å². The summed E-state index contributed by atoms with van der Waals surface area (Å²) in [6.07, 6.45) is 3.63. The SMILES string of the molecule is SC1NC=CN1. The van der Waals surface area contributed by atoms with Gasteiger partial charge in [0.2, 0.25) is 0 Å². The number of rotatable bonds is 0. The fourth-order valence-corrected chi connectivity index (χ4v) is 0.499. The highest BCUT2D eigenvalue weighted by Crippen LogP contribution is 1.87. The Balaban J connectivity index is 2.32. The predicted octanol–water partition coefficient (Wildman–Crippen LogP) is -0.136. The molecular formula is C3H6N2S. The average molecular weight is 102 g/mol. The first kappa shape index (κ1) is 3.87. The highest BCUT2D eigenvalue weighted by atomic mass is 32.1. The van der Waals surface area contributed by atoms with Gasteiger partial charge in [0.15, 0.2) is 0 Å². The molecule has 6 heavy (non-hydrogen) atoms. The molecule has 0 amide bonds. The summed E-state index contributed by atoms with van der Waals surface area (Å²) in [4.78, 5) is 0. The van der Waals surface area contributed by atoms with Gasteiger partial charge in [-0.25, -0.2) is 0 Å². The monoisotopic (exact) mass is 102 g/mol. The van der Waals surface area contributed by atoms with E-state index in [-0.39, 0.29) is 5.50 Å². The van der Waals surface area contributed by atoms with Gasteiger partial charge in [-0.15, -0.1) is 12.6 Å². The van der Waals surface area contributed by atoms with Crippen molar-refractivity contribution in [2.45, 2.75) is 5.50 Å². The van der Waals surface area contributed by atoms with Crippen molar-refractivity contribution < 1.29 is 0 Å². The van der Waals surface area contributed by atoms with E-state index in [0.717, 1.165) is 0 Å². The van der Waals surface area contributed by atoms with Gasteiger partial charge in [0, 0.05) is 12.4 Å². The van der Waals surface area contributed by atoms with Gasteiger partial charge in [-0.05, 0) is 0 Å². The molecule has 0 unspecified atom stereocenters. The predicted molar refractivity (Wildman–Crippen MR) is 28.2 cm³/mol. The van der Waals surface area contributed by atoms with Crippen LogP contribution in [0, 0.1) is 0 Å². The normalized spacial score (nSPS) is 20.2. The quantitative estimate of drug-likeness (QED) is 0.371. The van der Waals surface area contributed by atoms with Crippen molar-refractivity contribution in [1.29, 1.82) is 0 Å². The third kappa shape index (κ3) is 0.597. The largest absolute Gasteiger partial charge is 0.362 e. The molecule has 0 fully saturated rings. The number of hydrogen-bond donors (Lipinski definition) is 3. The van der Waals surface area contributed by atoms with Crippen molar-refractivity contribution in [3.8, 4) is 0 Å². The summed E-state index contributed by atoms with van der Waals surface area (Å²) in [5, 5.41) is 5.78. The lowest BCUT2D eigenvalue weighted by Gasteiger charge is -1.99. The van der Waals surface area contributed by atoms with Gasteiger partial charge in [0.05, 0.1) is 0 Å². The Kier molecular flexibility index (Phi) is 0.919. The van der Waals surface area contributed by atoms with Gasteiger partial charge in [-0.2, -0.15) is 0 Å². The van der Waals surface area contributed by atoms with Crippen LogP contribution in [0.3, 0.4) is 0 Å². The second-order valence-electron chi connectivity index (χ2n) is 1.07. The van der Waals surface area contributed by atoms with Crippen molar-refractivity contribution in [2.75, 3.05) is 0 Å². The molecule has 0 aromatic heterocycles. The van der Waals surface area contributed by atoms with Crippen LogP contribution in [0.2, 0.25) is 0 Å². The summed E-state index contributed by atoms with van der Waals surface area (Å²) in [5.74, 6) is 0. The van der Waals surface area contributed by atoms with Gasteiger partial charge in [0.1, 0.15) is 5.50 Å². The van der Waals surface area contributed by atoms with E-state index < -0.39 is 0 Å². The van der Waals surface area contributed by atoms with Crippen LogP contribution in [0.15, 0.2) is 12.4 Å². The Morgan fingerprint density at radius 1 is 1.33 bits per heavy atom. The Morgan fingerprint density at radius 2 is 1.83 bits per heavy atom. The topological polar surface area (TPSA) is 24.1 Å². The molecule has 3 heteroatoms. The molecule has 0 saturated heterocycles. The van der Waals surface area contributed by atoms with Crippen LogP contribution in [0.4, 0.5) is 0 Å². The van der Waals surface area contributed by atoms with Gasteiger partial charge in [-0.3, -0.25) is 0 Å². The van der Waals surface area contributed by atoms with Gasteiger partial charge in [0.25, 0.3) is 0 Å². The molecule has 0 aromatic carbocycles.